The maximum Gasteiger partial charge on any atom is 0.261 e. The molecule has 2 aromatic heterocycles. The Kier molecular flexibility index (Phi) is 4.69. The molecule has 134 valence electrons. The molecular weight excluding hydrogens is 371 g/mol. The van der Waals surface area contributed by atoms with E-state index in [2.05, 4.69) is 5.10 Å². The van der Waals surface area contributed by atoms with Gasteiger partial charge >= 0.3 is 0 Å². The van der Waals surface area contributed by atoms with Crippen molar-refractivity contribution in [3.8, 4) is 16.9 Å². The number of aromatic nitrogens is 3. The van der Waals surface area contributed by atoms with Gasteiger partial charge in [-0.2, -0.15) is 5.10 Å². The number of nitrogens with zero attached hydrogens (tertiary/aromatic N) is 3. The summed E-state index contributed by atoms with van der Waals surface area (Å²) >= 11 is 5.85. The first-order valence-electron chi connectivity index (χ1n) is 7.45. The van der Waals surface area contributed by atoms with Crippen LogP contribution >= 0.6 is 11.6 Å². The molecular formula is C17H11ClF3N3O2. The van der Waals surface area contributed by atoms with Crippen LogP contribution < -0.4 is 5.56 Å². The summed E-state index contributed by atoms with van der Waals surface area (Å²) in [5.41, 5.74) is -1.70. The first-order valence-corrected chi connectivity index (χ1v) is 7.83. The lowest BCUT2D eigenvalue weighted by atomic mass is 10.1. The van der Waals surface area contributed by atoms with E-state index in [0.29, 0.717) is 18.4 Å². The van der Waals surface area contributed by atoms with Crippen molar-refractivity contribution in [2.24, 2.45) is 0 Å². The molecule has 9 heteroatoms. The SMILES string of the molecule is CCn1c(-c2c(F)cc(F)cc2F)c(-n2cc(Cl)cn2)cc(C=O)c1=O. The Labute approximate surface area is 150 Å². The average molecular weight is 382 g/mol. The van der Waals surface area contributed by atoms with Gasteiger partial charge in [-0.05, 0) is 13.0 Å². The van der Waals surface area contributed by atoms with Crippen molar-refractivity contribution in [1.82, 2.24) is 14.3 Å². The van der Waals surface area contributed by atoms with Gasteiger partial charge in [-0.15, -0.1) is 0 Å². The van der Waals surface area contributed by atoms with Gasteiger partial charge in [-0.25, -0.2) is 17.9 Å². The van der Waals surface area contributed by atoms with Gasteiger partial charge < -0.3 is 4.57 Å². The molecule has 0 spiro atoms. The van der Waals surface area contributed by atoms with Crippen LogP contribution in [0.2, 0.25) is 5.02 Å². The van der Waals surface area contributed by atoms with Crippen molar-refractivity contribution in [3.63, 3.8) is 0 Å². The van der Waals surface area contributed by atoms with Crippen LogP contribution in [0.15, 0.2) is 35.4 Å². The number of carbonyl (C=O) groups excluding carboxylic acids is 1. The molecule has 2 heterocycles. The van der Waals surface area contributed by atoms with Crippen molar-refractivity contribution in [2.75, 3.05) is 0 Å². The normalized spacial score (nSPS) is 11.0. The van der Waals surface area contributed by atoms with E-state index in [1.165, 1.54) is 17.1 Å². The van der Waals surface area contributed by atoms with Crippen LogP contribution in [-0.4, -0.2) is 20.6 Å². The highest BCUT2D eigenvalue weighted by molar-refractivity contribution is 6.30. The molecule has 0 amide bonds. The number of benzene rings is 1. The highest BCUT2D eigenvalue weighted by Crippen LogP contribution is 2.32. The van der Waals surface area contributed by atoms with Gasteiger partial charge in [-0.3, -0.25) is 9.59 Å². The fourth-order valence-corrected chi connectivity index (χ4v) is 2.83. The predicted octanol–water partition coefficient (Wildman–Crippen LogP) is 3.60. The molecule has 0 aliphatic heterocycles. The quantitative estimate of drug-likeness (QED) is 0.649. The summed E-state index contributed by atoms with van der Waals surface area (Å²) in [5.74, 6) is -3.48. The van der Waals surface area contributed by atoms with E-state index in [4.69, 9.17) is 11.6 Å². The summed E-state index contributed by atoms with van der Waals surface area (Å²) < 4.78 is 44.3. The van der Waals surface area contributed by atoms with Gasteiger partial charge in [0.25, 0.3) is 5.56 Å². The Balaban J connectivity index is 2.49. The van der Waals surface area contributed by atoms with Crippen LogP contribution in [0.25, 0.3) is 16.9 Å². The van der Waals surface area contributed by atoms with E-state index in [9.17, 15) is 22.8 Å². The lowest BCUT2D eigenvalue weighted by molar-refractivity contribution is 0.112. The van der Waals surface area contributed by atoms with Crippen molar-refractivity contribution in [2.45, 2.75) is 13.5 Å². The number of rotatable bonds is 4. The second-order valence-electron chi connectivity index (χ2n) is 5.35. The molecule has 0 unspecified atom stereocenters. The van der Waals surface area contributed by atoms with Crippen molar-refractivity contribution in [1.29, 1.82) is 0 Å². The van der Waals surface area contributed by atoms with Gasteiger partial charge in [0.1, 0.15) is 17.5 Å². The van der Waals surface area contributed by atoms with E-state index >= 15 is 0 Å². The predicted molar refractivity (Wildman–Crippen MR) is 89.2 cm³/mol. The molecule has 0 atom stereocenters. The fraction of sp³-hybridized carbons (Fsp3) is 0.118. The van der Waals surface area contributed by atoms with Crippen LogP contribution in [0.5, 0.6) is 0 Å². The second kappa shape index (κ2) is 6.80. The van der Waals surface area contributed by atoms with Gasteiger partial charge in [0, 0.05) is 24.9 Å². The Morgan fingerprint density at radius 2 is 1.85 bits per heavy atom. The summed E-state index contributed by atoms with van der Waals surface area (Å²) in [6.07, 6.45) is 2.97. The maximum atomic E-state index is 14.4. The number of hydrogen-bond acceptors (Lipinski definition) is 3. The van der Waals surface area contributed by atoms with E-state index in [1.807, 2.05) is 0 Å². The van der Waals surface area contributed by atoms with Gasteiger partial charge in [0.2, 0.25) is 0 Å². The Bertz CT molecular complexity index is 1050. The highest BCUT2D eigenvalue weighted by atomic mass is 35.5. The minimum Gasteiger partial charge on any atom is -0.306 e. The standard InChI is InChI=1S/C17H11ClF3N3O2/c1-2-23-16(15-12(20)4-11(19)5-13(15)21)14(3-9(8-25)17(23)26)24-7-10(18)6-22-24/h3-8H,2H2,1H3. The summed E-state index contributed by atoms with van der Waals surface area (Å²) in [6, 6.07) is 2.18. The van der Waals surface area contributed by atoms with Crippen LogP contribution in [0.3, 0.4) is 0 Å². The maximum absolute atomic E-state index is 14.4. The molecule has 0 fully saturated rings. The van der Waals surface area contributed by atoms with Crippen LogP contribution in [0.1, 0.15) is 17.3 Å². The minimum absolute atomic E-state index is 0.00804. The average Bonchev–Trinajstić information content (AvgIpc) is 3.00. The fourth-order valence-electron chi connectivity index (χ4n) is 2.70. The van der Waals surface area contributed by atoms with E-state index < -0.39 is 28.6 Å². The van der Waals surface area contributed by atoms with Crippen molar-refractivity contribution in [3.05, 3.63) is 69.0 Å². The molecule has 3 rings (SSSR count). The number of carbonyl (C=O) groups is 1. The molecule has 5 nitrogen and oxygen atoms in total. The van der Waals surface area contributed by atoms with Crippen molar-refractivity contribution >= 4 is 17.9 Å². The topological polar surface area (TPSA) is 56.9 Å². The molecule has 0 radical (unpaired) electrons. The van der Waals surface area contributed by atoms with Crippen molar-refractivity contribution < 1.29 is 18.0 Å². The minimum atomic E-state index is -1.19. The molecule has 0 saturated heterocycles. The van der Waals surface area contributed by atoms with E-state index in [-0.39, 0.29) is 28.5 Å². The first-order chi connectivity index (χ1) is 12.4. The molecule has 0 bridgehead atoms. The molecule has 0 N–H and O–H groups in total. The molecule has 0 aliphatic carbocycles. The van der Waals surface area contributed by atoms with Crippen LogP contribution in [0, 0.1) is 17.5 Å². The summed E-state index contributed by atoms with van der Waals surface area (Å²) in [4.78, 5) is 23.7. The zero-order valence-electron chi connectivity index (χ0n) is 13.3. The molecule has 26 heavy (non-hydrogen) atoms. The zero-order chi connectivity index (χ0) is 19.0. The van der Waals surface area contributed by atoms with Crippen LogP contribution in [-0.2, 0) is 6.54 Å². The second-order valence-corrected chi connectivity index (χ2v) is 5.78. The summed E-state index contributed by atoms with van der Waals surface area (Å²) in [7, 11) is 0. The Morgan fingerprint density at radius 1 is 1.19 bits per heavy atom. The molecule has 0 saturated carbocycles. The first kappa shape index (κ1) is 17.9. The smallest absolute Gasteiger partial charge is 0.261 e. The third-order valence-corrected chi connectivity index (χ3v) is 3.98. The number of halogens is 4. The highest BCUT2D eigenvalue weighted by Gasteiger charge is 2.24. The van der Waals surface area contributed by atoms with Crippen LogP contribution in [0.4, 0.5) is 13.2 Å². The Hall–Kier alpha value is -2.87. The lowest BCUT2D eigenvalue weighted by Gasteiger charge is -2.18. The summed E-state index contributed by atoms with van der Waals surface area (Å²) in [6.45, 7) is 1.58. The molecule has 1 aromatic carbocycles. The zero-order valence-corrected chi connectivity index (χ0v) is 14.1. The summed E-state index contributed by atoms with van der Waals surface area (Å²) in [5, 5.41) is 4.20. The van der Waals surface area contributed by atoms with Gasteiger partial charge in [0.15, 0.2) is 6.29 Å². The monoisotopic (exact) mass is 381 g/mol. The van der Waals surface area contributed by atoms with Gasteiger partial charge in [0.05, 0.1) is 33.7 Å². The van der Waals surface area contributed by atoms with Gasteiger partial charge in [-0.1, -0.05) is 11.6 Å². The molecule has 0 aliphatic rings. The van der Waals surface area contributed by atoms with E-state index in [1.54, 1.807) is 6.92 Å². The number of hydrogen-bond donors (Lipinski definition) is 0. The Morgan fingerprint density at radius 3 is 2.35 bits per heavy atom. The number of aldehydes is 1. The third-order valence-electron chi connectivity index (χ3n) is 3.78. The van der Waals surface area contributed by atoms with E-state index in [0.717, 1.165) is 10.6 Å². The number of pyridine rings is 1. The largest absolute Gasteiger partial charge is 0.306 e. The molecule has 3 aromatic rings. The third kappa shape index (κ3) is 2.92. The lowest BCUT2D eigenvalue weighted by Crippen LogP contribution is -2.27.